The van der Waals surface area contributed by atoms with Crippen molar-refractivity contribution < 1.29 is 13.9 Å². The van der Waals surface area contributed by atoms with Crippen LogP contribution in [0, 0.1) is 17.6 Å². The molecule has 5 heteroatoms. The smallest absolute Gasteiger partial charge is 0.139 e. The number of hydrogen-bond acceptors (Lipinski definition) is 3. The summed E-state index contributed by atoms with van der Waals surface area (Å²) in [6.45, 7) is 3.74. The third kappa shape index (κ3) is 3.94. The summed E-state index contributed by atoms with van der Waals surface area (Å²) in [5.74, 6) is -1.05. The molecule has 2 atom stereocenters. The summed E-state index contributed by atoms with van der Waals surface area (Å²) in [7, 11) is 0. The fourth-order valence-electron chi connectivity index (χ4n) is 1.40. The molecule has 0 spiro atoms. The van der Waals surface area contributed by atoms with Crippen LogP contribution in [-0.2, 0) is 0 Å². The Kier molecular flexibility index (Phi) is 5.36. The minimum atomic E-state index is -0.621. The molecule has 1 rings (SSSR count). The number of benzene rings is 1. The van der Waals surface area contributed by atoms with Gasteiger partial charge in [-0.2, -0.15) is 0 Å². The van der Waals surface area contributed by atoms with Gasteiger partial charge in [-0.15, -0.1) is 11.8 Å². The Morgan fingerprint density at radius 1 is 1.35 bits per heavy atom. The average Bonchev–Trinajstić information content (AvgIpc) is 2.27. The van der Waals surface area contributed by atoms with Crippen LogP contribution < -0.4 is 5.73 Å². The third-order valence-electron chi connectivity index (χ3n) is 2.55. The van der Waals surface area contributed by atoms with Crippen molar-refractivity contribution in [2.75, 3.05) is 6.61 Å². The first kappa shape index (κ1) is 14.4. The first-order valence-electron chi connectivity index (χ1n) is 5.44. The Labute approximate surface area is 104 Å². The quantitative estimate of drug-likeness (QED) is 0.800. The van der Waals surface area contributed by atoms with Gasteiger partial charge in [0.15, 0.2) is 0 Å². The Balaban J connectivity index is 2.80. The van der Waals surface area contributed by atoms with Crippen LogP contribution in [0.3, 0.4) is 0 Å². The first-order chi connectivity index (χ1) is 7.95. The maximum Gasteiger partial charge on any atom is 0.139 e. The highest BCUT2D eigenvalue weighted by atomic mass is 32.2. The lowest BCUT2D eigenvalue weighted by Gasteiger charge is -2.24. The molecule has 0 amide bonds. The van der Waals surface area contributed by atoms with Crippen LogP contribution in [0.1, 0.15) is 13.8 Å². The van der Waals surface area contributed by atoms with E-state index in [9.17, 15) is 13.9 Å². The summed E-state index contributed by atoms with van der Waals surface area (Å²) in [6.07, 6.45) is 0. The molecule has 0 saturated carbocycles. The molecule has 96 valence electrons. The Morgan fingerprint density at radius 2 is 2.00 bits per heavy atom. The summed E-state index contributed by atoms with van der Waals surface area (Å²) < 4.78 is 26.2. The van der Waals surface area contributed by atoms with Crippen LogP contribution in [0.2, 0.25) is 0 Å². The lowest BCUT2D eigenvalue weighted by atomic mass is 10.0. The number of thioether (sulfide) groups is 1. The van der Waals surface area contributed by atoms with Gasteiger partial charge in [0.2, 0.25) is 0 Å². The van der Waals surface area contributed by atoms with Crippen LogP contribution in [0.5, 0.6) is 0 Å². The largest absolute Gasteiger partial charge is 0.395 e. The Bertz CT molecular complexity index is 374. The van der Waals surface area contributed by atoms with Gasteiger partial charge in [-0.1, -0.05) is 13.8 Å². The maximum absolute atomic E-state index is 13.4. The summed E-state index contributed by atoms with van der Waals surface area (Å²) >= 11 is 1.14. The van der Waals surface area contributed by atoms with Crippen molar-refractivity contribution in [3.05, 3.63) is 29.8 Å². The number of rotatable bonds is 5. The number of hydrogen-bond donors (Lipinski definition) is 2. The van der Waals surface area contributed by atoms with Gasteiger partial charge in [0.05, 0.1) is 6.61 Å². The zero-order chi connectivity index (χ0) is 13.0. The second-order valence-corrected chi connectivity index (χ2v) is 5.52. The zero-order valence-electron chi connectivity index (χ0n) is 9.86. The van der Waals surface area contributed by atoms with E-state index in [1.165, 1.54) is 12.1 Å². The fraction of sp³-hybridized carbons (Fsp3) is 0.500. The number of nitrogens with two attached hydrogens (primary N) is 1. The van der Waals surface area contributed by atoms with E-state index < -0.39 is 11.6 Å². The average molecular weight is 261 g/mol. The highest BCUT2D eigenvalue weighted by Gasteiger charge is 2.22. The van der Waals surface area contributed by atoms with Gasteiger partial charge in [0, 0.05) is 22.3 Å². The highest BCUT2D eigenvalue weighted by Crippen LogP contribution is 2.29. The first-order valence-corrected chi connectivity index (χ1v) is 6.31. The zero-order valence-corrected chi connectivity index (χ0v) is 10.7. The van der Waals surface area contributed by atoms with E-state index in [1.54, 1.807) is 0 Å². The van der Waals surface area contributed by atoms with E-state index in [-0.39, 0.29) is 23.8 Å². The fourth-order valence-corrected chi connectivity index (χ4v) is 2.59. The Morgan fingerprint density at radius 3 is 2.47 bits per heavy atom. The van der Waals surface area contributed by atoms with Crippen LogP contribution in [0.25, 0.3) is 0 Å². The molecule has 0 saturated heterocycles. The van der Waals surface area contributed by atoms with Gasteiger partial charge >= 0.3 is 0 Å². The van der Waals surface area contributed by atoms with E-state index in [0.717, 1.165) is 17.8 Å². The van der Waals surface area contributed by atoms with Crippen molar-refractivity contribution in [3.8, 4) is 0 Å². The van der Waals surface area contributed by atoms with Crippen LogP contribution in [0.4, 0.5) is 8.78 Å². The van der Waals surface area contributed by atoms with Crippen molar-refractivity contribution in [2.45, 2.75) is 30.0 Å². The van der Waals surface area contributed by atoms with Crippen molar-refractivity contribution >= 4 is 11.8 Å². The monoisotopic (exact) mass is 261 g/mol. The molecule has 0 aliphatic carbocycles. The second-order valence-electron chi connectivity index (χ2n) is 4.23. The van der Waals surface area contributed by atoms with E-state index >= 15 is 0 Å². The molecule has 0 radical (unpaired) electrons. The third-order valence-corrected chi connectivity index (χ3v) is 3.90. The summed E-state index contributed by atoms with van der Waals surface area (Å²) in [4.78, 5) is 0.307. The van der Waals surface area contributed by atoms with Crippen LogP contribution in [0.15, 0.2) is 23.1 Å². The van der Waals surface area contributed by atoms with Gasteiger partial charge in [-0.3, -0.25) is 0 Å². The van der Waals surface area contributed by atoms with Gasteiger partial charge in [0.25, 0.3) is 0 Å². The van der Waals surface area contributed by atoms with Gasteiger partial charge in [-0.05, 0) is 18.1 Å². The molecule has 17 heavy (non-hydrogen) atoms. The summed E-state index contributed by atoms with van der Waals surface area (Å²) in [5.41, 5.74) is 5.92. The van der Waals surface area contributed by atoms with Crippen molar-refractivity contribution in [1.29, 1.82) is 0 Å². The van der Waals surface area contributed by atoms with Gasteiger partial charge in [-0.25, -0.2) is 8.78 Å². The van der Waals surface area contributed by atoms with E-state index in [1.807, 2.05) is 13.8 Å². The predicted octanol–water partition coefficient (Wildman–Crippen LogP) is 2.40. The molecular weight excluding hydrogens is 244 g/mol. The molecule has 2 nitrogen and oxygen atoms in total. The lowest BCUT2D eigenvalue weighted by Crippen LogP contribution is -2.39. The topological polar surface area (TPSA) is 46.2 Å². The standard InChI is InChI=1S/C12H17F2NOS/c1-7(2)12(15)11(6-16)17-10-4-3-8(13)5-9(10)14/h3-5,7,11-12,16H,6,15H2,1-2H3. The molecule has 1 aromatic carbocycles. The van der Waals surface area contributed by atoms with E-state index in [2.05, 4.69) is 0 Å². The molecule has 3 N–H and O–H groups in total. The number of aliphatic hydroxyl groups excluding tert-OH is 1. The van der Waals surface area contributed by atoms with E-state index in [0.29, 0.717) is 4.90 Å². The summed E-state index contributed by atoms with van der Waals surface area (Å²) in [5, 5.41) is 8.96. The maximum atomic E-state index is 13.4. The Hall–Kier alpha value is -0.650. The second kappa shape index (κ2) is 6.33. The number of aliphatic hydroxyl groups is 1. The van der Waals surface area contributed by atoms with Crippen LogP contribution in [-0.4, -0.2) is 23.0 Å². The lowest BCUT2D eigenvalue weighted by molar-refractivity contribution is 0.269. The normalized spacial score (nSPS) is 15.0. The summed E-state index contributed by atoms with van der Waals surface area (Å²) in [6, 6.07) is 3.15. The van der Waals surface area contributed by atoms with E-state index in [4.69, 9.17) is 5.73 Å². The predicted molar refractivity (Wildman–Crippen MR) is 65.9 cm³/mol. The number of halogens is 2. The van der Waals surface area contributed by atoms with Gasteiger partial charge < -0.3 is 10.8 Å². The molecule has 0 aliphatic heterocycles. The van der Waals surface area contributed by atoms with Crippen molar-refractivity contribution in [3.63, 3.8) is 0 Å². The molecule has 0 aromatic heterocycles. The SMILES string of the molecule is CC(C)C(N)C(CO)Sc1ccc(F)cc1F. The van der Waals surface area contributed by atoms with Crippen LogP contribution >= 0.6 is 11.8 Å². The molecule has 0 bridgehead atoms. The van der Waals surface area contributed by atoms with Gasteiger partial charge in [0.1, 0.15) is 11.6 Å². The minimum absolute atomic E-state index is 0.138. The van der Waals surface area contributed by atoms with Crippen molar-refractivity contribution in [2.24, 2.45) is 11.7 Å². The molecule has 0 fully saturated rings. The van der Waals surface area contributed by atoms with Crippen molar-refractivity contribution in [1.82, 2.24) is 0 Å². The molecular formula is C12H17F2NOS. The molecule has 0 aliphatic rings. The molecule has 2 unspecified atom stereocenters. The molecule has 1 aromatic rings. The minimum Gasteiger partial charge on any atom is -0.395 e. The molecule has 0 heterocycles. The highest BCUT2D eigenvalue weighted by molar-refractivity contribution is 8.00.